The number of benzene rings is 1. The van der Waals surface area contributed by atoms with Crippen LogP contribution in [-0.2, 0) is 0 Å². The van der Waals surface area contributed by atoms with E-state index in [2.05, 4.69) is 0 Å². The Morgan fingerprint density at radius 2 is 2.16 bits per heavy atom. The van der Waals surface area contributed by atoms with Gasteiger partial charge < -0.3 is 21.5 Å². The molecule has 0 spiro atoms. The van der Waals surface area contributed by atoms with E-state index in [0.717, 1.165) is 25.8 Å². The van der Waals surface area contributed by atoms with Gasteiger partial charge in [-0.15, -0.1) is 0 Å². The second kappa shape index (κ2) is 5.93. The standard InChI is InChI=1S/C14H21N3O2/c15-10-4-5-12(13(16)9-10)14(19)17-7-2-1-3-11(17)6-8-18/h4-5,9,11,18H,1-3,6-8,15-16H2. The van der Waals surface area contributed by atoms with Crippen LogP contribution in [-0.4, -0.2) is 35.1 Å². The molecule has 1 aromatic carbocycles. The molecule has 104 valence electrons. The van der Waals surface area contributed by atoms with Crippen LogP contribution in [0.25, 0.3) is 0 Å². The normalized spacial score (nSPS) is 19.4. The van der Waals surface area contributed by atoms with Crippen molar-refractivity contribution in [1.29, 1.82) is 0 Å². The maximum absolute atomic E-state index is 12.5. The van der Waals surface area contributed by atoms with Crippen LogP contribution in [0.5, 0.6) is 0 Å². The molecule has 2 rings (SSSR count). The molecule has 1 unspecified atom stereocenters. The van der Waals surface area contributed by atoms with Gasteiger partial charge in [-0.1, -0.05) is 0 Å². The molecule has 5 nitrogen and oxygen atoms in total. The smallest absolute Gasteiger partial charge is 0.256 e. The molecule has 1 amide bonds. The van der Waals surface area contributed by atoms with E-state index in [1.54, 1.807) is 18.2 Å². The van der Waals surface area contributed by atoms with E-state index in [9.17, 15) is 4.79 Å². The summed E-state index contributed by atoms with van der Waals surface area (Å²) < 4.78 is 0. The number of piperidine rings is 1. The molecule has 1 aliphatic heterocycles. The predicted molar refractivity (Wildman–Crippen MR) is 75.6 cm³/mol. The lowest BCUT2D eigenvalue weighted by molar-refractivity contribution is 0.0576. The molecule has 1 atom stereocenters. The zero-order valence-corrected chi connectivity index (χ0v) is 11.0. The molecular formula is C14H21N3O2. The highest BCUT2D eigenvalue weighted by Crippen LogP contribution is 2.24. The Bertz CT molecular complexity index is 460. The molecule has 5 N–H and O–H groups in total. The molecule has 1 fully saturated rings. The molecule has 1 aliphatic rings. The van der Waals surface area contributed by atoms with Crippen molar-refractivity contribution in [1.82, 2.24) is 4.90 Å². The van der Waals surface area contributed by atoms with E-state index in [0.29, 0.717) is 23.4 Å². The quantitative estimate of drug-likeness (QED) is 0.715. The number of aliphatic hydroxyl groups is 1. The number of nitrogens with zero attached hydrogens (tertiary/aromatic N) is 1. The first-order valence-electron chi connectivity index (χ1n) is 6.70. The predicted octanol–water partition coefficient (Wildman–Crippen LogP) is 1.23. The monoisotopic (exact) mass is 263 g/mol. The first-order valence-corrected chi connectivity index (χ1v) is 6.70. The van der Waals surface area contributed by atoms with Crippen molar-refractivity contribution < 1.29 is 9.90 Å². The number of hydrogen-bond acceptors (Lipinski definition) is 4. The average molecular weight is 263 g/mol. The number of aliphatic hydroxyl groups excluding tert-OH is 1. The van der Waals surface area contributed by atoms with Crippen LogP contribution in [0.3, 0.4) is 0 Å². The first kappa shape index (κ1) is 13.7. The molecule has 0 radical (unpaired) electrons. The van der Waals surface area contributed by atoms with Crippen LogP contribution in [0.2, 0.25) is 0 Å². The maximum atomic E-state index is 12.5. The molecule has 0 bridgehead atoms. The molecule has 0 saturated carbocycles. The highest BCUT2D eigenvalue weighted by Gasteiger charge is 2.27. The number of likely N-dealkylation sites (tertiary alicyclic amines) is 1. The highest BCUT2D eigenvalue weighted by molar-refractivity contribution is 5.99. The lowest BCUT2D eigenvalue weighted by Crippen LogP contribution is -2.44. The molecule has 19 heavy (non-hydrogen) atoms. The Kier molecular flexibility index (Phi) is 4.27. The molecule has 0 aromatic heterocycles. The molecule has 1 heterocycles. The van der Waals surface area contributed by atoms with Gasteiger partial charge in [0.25, 0.3) is 5.91 Å². The number of rotatable bonds is 3. The molecule has 5 heteroatoms. The Morgan fingerprint density at radius 3 is 2.84 bits per heavy atom. The third-order valence-corrected chi connectivity index (χ3v) is 3.66. The van der Waals surface area contributed by atoms with Crippen molar-refractivity contribution in [2.24, 2.45) is 0 Å². The van der Waals surface area contributed by atoms with Gasteiger partial charge in [0.2, 0.25) is 0 Å². The van der Waals surface area contributed by atoms with Crippen molar-refractivity contribution in [3.63, 3.8) is 0 Å². The third kappa shape index (κ3) is 2.98. The largest absolute Gasteiger partial charge is 0.399 e. The fourth-order valence-electron chi connectivity index (χ4n) is 2.65. The summed E-state index contributed by atoms with van der Waals surface area (Å²) >= 11 is 0. The topological polar surface area (TPSA) is 92.6 Å². The Balaban J connectivity index is 2.21. The Labute approximate surface area is 113 Å². The van der Waals surface area contributed by atoms with E-state index >= 15 is 0 Å². The zero-order valence-electron chi connectivity index (χ0n) is 11.0. The summed E-state index contributed by atoms with van der Waals surface area (Å²) in [6.07, 6.45) is 3.68. The van der Waals surface area contributed by atoms with E-state index in [-0.39, 0.29) is 18.6 Å². The third-order valence-electron chi connectivity index (χ3n) is 3.66. The summed E-state index contributed by atoms with van der Waals surface area (Å²) in [7, 11) is 0. The second-order valence-corrected chi connectivity index (χ2v) is 5.01. The van der Waals surface area contributed by atoms with E-state index in [1.165, 1.54) is 0 Å². The van der Waals surface area contributed by atoms with Crippen molar-refractivity contribution in [2.75, 3.05) is 24.6 Å². The number of carbonyl (C=O) groups is 1. The number of nitrogens with two attached hydrogens (primary N) is 2. The van der Waals surface area contributed by atoms with Gasteiger partial charge in [0, 0.05) is 30.6 Å². The zero-order chi connectivity index (χ0) is 13.8. The minimum absolute atomic E-state index is 0.0596. The van der Waals surface area contributed by atoms with Crippen LogP contribution in [0.15, 0.2) is 18.2 Å². The van der Waals surface area contributed by atoms with Gasteiger partial charge in [-0.05, 0) is 43.9 Å². The number of anilines is 2. The van der Waals surface area contributed by atoms with Gasteiger partial charge in [-0.3, -0.25) is 4.79 Å². The molecule has 1 aromatic rings. The van der Waals surface area contributed by atoms with Crippen LogP contribution >= 0.6 is 0 Å². The van der Waals surface area contributed by atoms with E-state index in [1.807, 2.05) is 4.90 Å². The van der Waals surface area contributed by atoms with Gasteiger partial charge >= 0.3 is 0 Å². The minimum Gasteiger partial charge on any atom is -0.399 e. The SMILES string of the molecule is Nc1ccc(C(=O)N2CCCCC2CCO)c(N)c1. The van der Waals surface area contributed by atoms with Gasteiger partial charge in [-0.2, -0.15) is 0 Å². The van der Waals surface area contributed by atoms with Gasteiger partial charge in [0.1, 0.15) is 0 Å². The van der Waals surface area contributed by atoms with Gasteiger partial charge in [0.15, 0.2) is 0 Å². The van der Waals surface area contributed by atoms with Crippen molar-refractivity contribution >= 4 is 17.3 Å². The van der Waals surface area contributed by atoms with Crippen LogP contribution < -0.4 is 11.5 Å². The Morgan fingerprint density at radius 1 is 1.37 bits per heavy atom. The average Bonchev–Trinajstić information content (AvgIpc) is 2.39. The lowest BCUT2D eigenvalue weighted by atomic mass is 9.98. The minimum atomic E-state index is -0.0596. The number of amides is 1. The van der Waals surface area contributed by atoms with Gasteiger partial charge in [0.05, 0.1) is 5.56 Å². The van der Waals surface area contributed by atoms with Crippen molar-refractivity contribution in [3.05, 3.63) is 23.8 Å². The van der Waals surface area contributed by atoms with Crippen LogP contribution in [0, 0.1) is 0 Å². The maximum Gasteiger partial charge on any atom is 0.256 e. The molecule has 0 aliphatic carbocycles. The summed E-state index contributed by atoms with van der Waals surface area (Å²) in [6, 6.07) is 5.09. The second-order valence-electron chi connectivity index (χ2n) is 5.01. The highest BCUT2D eigenvalue weighted by atomic mass is 16.3. The summed E-state index contributed by atoms with van der Waals surface area (Å²) in [5.74, 6) is -0.0596. The van der Waals surface area contributed by atoms with E-state index < -0.39 is 0 Å². The molecular weight excluding hydrogens is 242 g/mol. The van der Waals surface area contributed by atoms with Crippen LogP contribution in [0.4, 0.5) is 11.4 Å². The number of nitrogen functional groups attached to an aromatic ring is 2. The molecule has 1 saturated heterocycles. The Hall–Kier alpha value is -1.75. The van der Waals surface area contributed by atoms with Crippen molar-refractivity contribution in [2.45, 2.75) is 31.7 Å². The van der Waals surface area contributed by atoms with E-state index in [4.69, 9.17) is 16.6 Å². The summed E-state index contributed by atoms with van der Waals surface area (Å²) in [5.41, 5.74) is 13.0. The fraction of sp³-hybridized carbons (Fsp3) is 0.500. The number of hydrogen-bond donors (Lipinski definition) is 3. The lowest BCUT2D eigenvalue weighted by Gasteiger charge is -2.35. The first-order chi connectivity index (χ1) is 9.13. The summed E-state index contributed by atoms with van der Waals surface area (Å²) in [5, 5.41) is 9.10. The number of carbonyl (C=O) groups excluding carboxylic acids is 1. The summed E-state index contributed by atoms with van der Waals surface area (Å²) in [4.78, 5) is 14.4. The van der Waals surface area contributed by atoms with Crippen molar-refractivity contribution in [3.8, 4) is 0 Å². The van der Waals surface area contributed by atoms with Crippen LogP contribution in [0.1, 0.15) is 36.0 Å². The fourth-order valence-corrected chi connectivity index (χ4v) is 2.65. The van der Waals surface area contributed by atoms with Gasteiger partial charge in [-0.25, -0.2) is 0 Å². The summed E-state index contributed by atoms with van der Waals surface area (Å²) in [6.45, 7) is 0.832.